The van der Waals surface area contributed by atoms with E-state index < -0.39 is 12.0 Å². The molecule has 0 bridgehead atoms. The number of unbranched alkanes of at least 4 members (excludes halogenated alkanes) is 1. The van der Waals surface area contributed by atoms with Gasteiger partial charge >= 0.3 is 12.0 Å². The minimum atomic E-state index is -0.542. The van der Waals surface area contributed by atoms with Crippen LogP contribution in [0.25, 0.3) is 0 Å². The molecule has 2 rings (SSSR count). The molecule has 5 nitrogen and oxygen atoms in total. The molecular weight excluding hydrogens is 304 g/mol. The molecule has 118 valence electrons. The first kappa shape index (κ1) is 16.4. The molecule has 0 spiro atoms. The van der Waals surface area contributed by atoms with Crippen LogP contribution in [0.3, 0.4) is 0 Å². The number of allylic oxidation sites excluding steroid dienone is 1. The van der Waals surface area contributed by atoms with Crippen molar-refractivity contribution in [2.45, 2.75) is 32.7 Å². The van der Waals surface area contributed by atoms with Crippen LogP contribution in [0, 0.1) is 0 Å². The normalized spacial score (nSPS) is 17.8. The minimum absolute atomic E-state index is 0.345. The van der Waals surface area contributed by atoms with Crippen molar-refractivity contribution in [3.05, 3.63) is 46.1 Å². The molecule has 0 saturated carbocycles. The van der Waals surface area contributed by atoms with Crippen molar-refractivity contribution in [3.63, 3.8) is 0 Å². The molecule has 1 aliphatic rings. The van der Waals surface area contributed by atoms with Crippen LogP contribution in [0.15, 0.2) is 35.5 Å². The van der Waals surface area contributed by atoms with E-state index in [4.69, 9.17) is 16.3 Å². The van der Waals surface area contributed by atoms with Gasteiger partial charge in [-0.25, -0.2) is 9.59 Å². The fraction of sp³-hybridized carbons (Fsp3) is 0.375. The van der Waals surface area contributed by atoms with Crippen molar-refractivity contribution in [1.82, 2.24) is 10.6 Å². The highest BCUT2D eigenvalue weighted by atomic mass is 35.5. The Morgan fingerprint density at radius 3 is 2.64 bits per heavy atom. The Morgan fingerprint density at radius 1 is 1.32 bits per heavy atom. The van der Waals surface area contributed by atoms with Gasteiger partial charge in [-0.1, -0.05) is 37.1 Å². The second-order valence-electron chi connectivity index (χ2n) is 5.11. The van der Waals surface area contributed by atoms with Gasteiger partial charge in [-0.15, -0.1) is 0 Å². The Balaban J connectivity index is 2.28. The van der Waals surface area contributed by atoms with Crippen molar-refractivity contribution in [2.24, 2.45) is 0 Å². The average Bonchev–Trinajstić information content (AvgIpc) is 2.47. The lowest BCUT2D eigenvalue weighted by atomic mass is 9.96. The maximum atomic E-state index is 12.3. The zero-order valence-electron chi connectivity index (χ0n) is 12.6. The summed E-state index contributed by atoms with van der Waals surface area (Å²) in [4.78, 5) is 24.1. The third-order valence-electron chi connectivity index (χ3n) is 3.42. The van der Waals surface area contributed by atoms with Crippen LogP contribution in [0.2, 0.25) is 5.02 Å². The van der Waals surface area contributed by atoms with Gasteiger partial charge in [-0.2, -0.15) is 0 Å². The third-order valence-corrected chi connectivity index (χ3v) is 3.68. The number of urea groups is 1. The Morgan fingerprint density at radius 2 is 2.00 bits per heavy atom. The largest absolute Gasteiger partial charge is 0.462 e. The number of hydrogen-bond donors (Lipinski definition) is 2. The second-order valence-corrected chi connectivity index (χ2v) is 5.55. The molecule has 0 aromatic heterocycles. The predicted molar refractivity (Wildman–Crippen MR) is 84.4 cm³/mol. The summed E-state index contributed by atoms with van der Waals surface area (Å²) in [6.07, 6.45) is 1.75. The van der Waals surface area contributed by atoms with E-state index in [0.29, 0.717) is 22.9 Å². The summed E-state index contributed by atoms with van der Waals surface area (Å²) in [7, 11) is 0. The smallest absolute Gasteiger partial charge is 0.338 e. The van der Waals surface area contributed by atoms with Gasteiger partial charge in [0, 0.05) is 10.7 Å². The molecule has 1 aliphatic heterocycles. The van der Waals surface area contributed by atoms with Gasteiger partial charge in [0.1, 0.15) is 0 Å². The summed E-state index contributed by atoms with van der Waals surface area (Å²) in [6.45, 7) is 4.09. The number of amides is 2. The summed E-state index contributed by atoms with van der Waals surface area (Å²) in [5.74, 6) is -0.418. The van der Waals surface area contributed by atoms with Crippen LogP contribution < -0.4 is 10.6 Å². The molecule has 2 amide bonds. The van der Waals surface area contributed by atoms with E-state index in [9.17, 15) is 9.59 Å². The van der Waals surface area contributed by atoms with E-state index in [1.54, 1.807) is 31.2 Å². The lowest BCUT2D eigenvalue weighted by Crippen LogP contribution is -2.45. The van der Waals surface area contributed by atoms with E-state index in [1.807, 2.05) is 6.92 Å². The second kappa shape index (κ2) is 7.31. The number of carbonyl (C=O) groups is 2. The van der Waals surface area contributed by atoms with E-state index in [0.717, 1.165) is 18.4 Å². The molecule has 22 heavy (non-hydrogen) atoms. The zero-order valence-corrected chi connectivity index (χ0v) is 13.4. The lowest BCUT2D eigenvalue weighted by molar-refractivity contribution is -0.139. The lowest BCUT2D eigenvalue weighted by Gasteiger charge is -2.28. The number of carbonyl (C=O) groups excluding carboxylic acids is 2. The summed E-state index contributed by atoms with van der Waals surface area (Å²) in [5.41, 5.74) is 1.70. The van der Waals surface area contributed by atoms with E-state index in [1.165, 1.54) is 0 Å². The van der Waals surface area contributed by atoms with Gasteiger partial charge in [-0.3, -0.25) is 0 Å². The number of esters is 1. The molecule has 0 unspecified atom stereocenters. The fourth-order valence-electron chi connectivity index (χ4n) is 2.26. The third kappa shape index (κ3) is 3.80. The van der Waals surface area contributed by atoms with Gasteiger partial charge < -0.3 is 15.4 Å². The van der Waals surface area contributed by atoms with Crippen LogP contribution in [-0.2, 0) is 9.53 Å². The molecule has 0 aliphatic carbocycles. The van der Waals surface area contributed by atoms with E-state index in [2.05, 4.69) is 10.6 Å². The summed E-state index contributed by atoms with van der Waals surface area (Å²) in [6, 6.07) is 6.12. The van der Waals surface area contributed by atoms with Crippen LogP contribution in [0.5, 0.6) is 0 Å². The Labute approximate surface area is 134 Å². The quantitative estimate of drug-likeness (QED) is 0.645. The number of benzene rings is 1. The van der Waals surface area contributed by atoms with Crippen molar-refractivity contribution in [3.8, 4) is 0 Å². The minimum Gasteiger partial charge on any atom is -0.462 e. The van der Waals surface area contributed by atoms with Crippen LogP contribution in [0.1, 0.15) is 38.3 Å². The van der Waals surface area contributed by atoms with Crippen molar-refractivity contribution >= 4 is 23.6 Å². The Kier molecular flexibility index (Phi) is 5.44. The molecule has 1 heterocycles. The molecule has 1 atom stereocenters. The maximum absolute atomic E-state index is 12.3. The molecule has 1 aromatic carbocycles. The SMILES string of the molecule is CCCCOC(=O)C1=C(C)NC(=O)N[C@H]1c1ccc(Cl)cc1. The van der Waals surface area contributed by atoms with Gasteiger partial charge in [0.2, 0.25) is 0 Å². The molecule has 0 saturated heterocycles. The number of rotatable bonds is 5. The zero-order chi connectivity index (χ0) is 16.1. The topological polar surface area (TPSA) is 67.4 Å². The van der Waals surface area contributed by atoms with Crippen molar-refractivity contribution in [2.75, 3.05) is 6.61 Å². The number of halogens is 1. The molecule has 1 aromatic rings. The van der Waals surface area contributed by atoms with Crippen LogP contribution >= 0.6 is 11.6 Å². The molecule has 0 fully saturated rings. The van der Waals surface area contributed by atoms with Gasteiger partial charge in [0.25, 0.3) is 0 Å². The molecule has 6 heteroatoms. The monoisotopic (exact) mass is 322 g/mol. The summed E-state index contributed by atoms with van der Waals surface area (Å²) >= 11 is 5.89. The molecule has 2 N–H and O–H groups in total. The number of hydrogen-bond acceptors (Lipinski definition) is 3. The van der Waals surface area contributed by atoms with Gasteiger partial charge in [0.05, 0.1) is 18.2 Å². The highest BCUT2D eigenvalue weighted by molar-refractivity contribution is 6.30. The first-order valence-corrected chi connectivity index (χ1v) is 7.61. The first-order chi connectivity index (χ1) is 10.5. The highest BCUT2D eigenvalue weighted by Gasteiger charge is 2.32. The summed E-state index contributed by atoms with van der Waals surface area (Å²) < 4.78 is 5.29. The number of ether oxygens (including phenoxy) is 1. The van der Waals surface area contributed by atoms with E-state index in [-0.39, 0.29) is 6.03 Å². The predicted octanol–water partition coefficient (Wildman–Crippen LogP) is 3.31. The van der Waals surface area contributed by atoms with Crippen LogP contribution in [-0.4, -0.2) is 18.6 Å². The molecular formula is C16H19ClN2O3. The maximum Gasteiger partial charge on any atom is 0.338 e. The van der Waals surface area contributed by atoms with Gasteiger partial charge in [0.15, 0.2) is 0 Å². The van der Waals surface area contributed by atoms with Crippen LogP contribution in [0.4, 0.5) is 4.79 Å². The van der Waals surface area contributed by atoms with Crippen molar-refractivity contribution in [1.29, 1.82) is 0 Å². The van der Waals surface area contributed by atoms with Gasteiger partial charge in [-0.05, 0) is 31.0 Å². The fourth-order valence-corrected chi connectivity index (χ4v) is 2.38. The summed E-state index contributed by atoms with van der Waals surface area (Å²) in [5, 5.41) is 5.96. The molecule has 0 radical (unpaired) electrons. The number of nitrogens with one attached hydrogen (secondary N) is 2. The Bertz CT molecular complexity index is 596. The van der Waals surface area contributed by atoms with E-state index >= 15 is 0 Å². The Hall–Kier alpha value is -2.01. The highest BCUT2D eigenvalue weighted by Crippen LogP contribution is 2.28. The standard InChI is InChI=1S/C16H19ClN2O3/c1-3-4-9-22-15(20)13-10(2)18-16(21)19-14(13)11-5-7-12(17)8-6-11/h5-8,14H,3-4,9H2,1-2H3,(H2,18,19,21)/t14-/m0/s1. The average molecular weight is 323 g/mol. The first-order valence-electron chi connectivity index (χ1n) is 7.23. The van der Waals surface area contributed by atoms with Crippen molar-refractivity contribution < 1.29 is 14.3 Å².